The Morgan fingerprint density at radius 1 is 0.895 bits per heavy atom. The van der Waals surface area contributed by atoms with Gasteiger partial charge >= 0.3 is 9.28 Å². The first-order valence-corrected chi connectivity index (χ1v) is 9.85. The summed E-state index contributed by atoms with van der Waals surface area (Å²) in [6, 6.07) is 0. The molecule has 2 fully saturated rings. The minimum absolute atomic E-state index is 0.225. The van der Waals surface area contributed by atoms with Gasteiger partial charge in [-0.2, -0.15) is 0 Å². The Hall–Kier alpha value is 0.717. The molecule has 2 rings (SSSR count). The highest BCUT2D eigenvalue weighted by molar-refractivity contribution is 6.48. The van der Waals surface area contributed by atoms with Crippen molar-refractivity contribution in [1.82, 2.24) is 0 Å². The molecule has 2 unspecified atom stereocenters. The van der Waals surface area contributed by atoms with Crippen molar-refractivity contribution in [3.05, 3.63) is 0 Å². The molecule has 0 heterocycles. The number of alkyl halides is 2. The first-order chi connectivity index (χ1) is 9.12. The van der Waals surface area contributed by atoms with E-state index in [2.05, 4.69) is 0 Å². The third-order valence-electron chi connectivity index (χ3n) is 5.09. The Morgan fingerprint density at radius 3 is 1.89 bits per heavy atom. The summed E-state index contributed by atoms with van der Waals surface area (Å²) in [7, 11) is 1.98. The Morgan fingerprint density at radius 2 is 1.42 bits per heavy atom. The summed E-state index contributed by atoms with van der Waals surface area (Å²) in [6.45, 7) is 0. The SMILES string of the molecule is CO[SiH](OC)C1(C2CC(Cl)CC(Cl)C2)CCCCC1. The average Bonchev–Trinajstić information content (AvgIpc) is 2.40. The van der Waals surface area contributed by atoms with E-state index in [1.165, 1.54) is 32.1 Å². The Kier molecular flexibility index (Phi) is 6.03. The smallest absolute Gasteiger partial charge is 0.327 e. The molecule has 0 aliphatic heterocycles. The lowest BCUT2D eigenvalue weighted by atomic mass is 9.72. The topological polar surface area (TPSA) is 18.5 Å². The molecule has 0 N–H and O–H groups in total. The van der Waals surface area contributed by atoms with E-state index in [9.17, 15) is 0 Å². The van der Waals surface area contributed by atoms with Crippen LogP contribution in [-0.4, -0.2) is 34.3 Å². The summed E-state index contributed by atoms with van der Waals surface area (Å²) in [5.41, 5.74) is 0. The molecule has 5 heteroatoms. The van der Waals surface area contributed by atoms with Crippen LogP contribution < -0.4 is 0 Å². The van der Waals surface area contributed by atoms with E-state index >= 15 is 0 Å². The van der Waals surface area contributed by atoms with Crippen LogP contribution in [0.2, 0.25) is 5.04 Å². The highest BCUT2D eigenvalue weighted by atomic mass is 35.5. The van der Waals surface area contributed by atoms with Gasteiger partial charge in [0, 0.05) is 30.0 Å². The van der Waals surface area contributed by atoms with E-state index in [0.29, 0.717) is 5.92 Å². The van der Waals surface area contributed by atoms with Gasteiger partial charge in [0.25, 0.3) is 0 Å². The summed E-state index contributed by atoms with van der Waals surface area (Å²) >= 11 is 12.9. The quantitative estimate of drug-likeness (QED) is 0.569. The van der Waals surface area contributed by atoms with Crippen LogP contribution in [0.5, 0.6) is 0 Å². The van der Waals surface area contributed by atoms with Crippen LogP contribution in [0.3, 0.4) is 0 Å². The molecule has 0 aromatic carbocycles. The van der Waals surface area contributed by atoms with Gasteiger partial charge in [0.1, 0.15) is 0 Å². The van der Waals surface area contributed by atoms with Gasteiger partial charge in [-0.25, -0.2) is 0 Å². The number of halogens is 2. The fourth-order valence-corrected chi connectivity index (χ4v) is 7.88. The Bertz CT molecular complexity index is 271. The molecule has 112 valence electrons. The molecule has 2 nitrogen and oxygen atoms in total. The molecular formula is C14H26Cl2O2Si. The molecule has 19 heavy (non-hydrogen) atoms. The highest BCUT2D eigenvalue weighted by Crippen LogP contribution is 2.57. The molecule has 0 amide bonds. The van der Waals surface area contributed by atoms with E-state index in [-0.39, 0.29) is 15.8 Å². The normalized spacial score (nSPS) is 35.5. The first-order valence-electron chi connectivity index (χ1n) is 7.46. The van der Waals surface area contributed by atoms with E-state index in [4.69, 9.17) is 32.1 Å². The van der Waals surface area contributed by atoms with Crippen LogP contribution in [0.25, 0.3) is 0 Å². The average molecular weight is 325 g/mol. The number of rotatable bonds is 4. The first kappa shape index (κ1) is 16.1. The maximum atomic E-state index is 6.43. The highest BCUT2D eigenvalue weighted by Gasteiger charge is 2.50. The Labute approximate surface area is 129 Å². The van der Waals surface area contributed by atoms with E-state index < -0.39 is 9.28 Å². The van der Waals surface area contributed by atoms with E-state index in [1.807, 2.05) is 14.2 Å². The summed E-state index contributed by atoms with van der Waals surface area (Å²) in [6.07, 6.45) is 9.54. The standard InChI is InChI=1S/C14H26Cl2O2Si/c1-17-19(18-2)14(6-4-3-5-7-14)11-8-12(15)10-13(16)9-11/h11-13,19H,3-10H2,1-2H3. The van der Waals surface area contributed by atoms with E-state index in [0.717, 1.165) is 19.3 Å². The molecule has 0 aromatic heterocycles. The summed E-state index contributed by atoms with van der Waals surface area (Å²) < 4.78 is 11.6. The molecule has 2 aliphatic carbocycles. The lowest BCUT2D eigenvalue weighted by Gasteiger charge is -2.49. The Balaban J connectivity index is 2.20. The maximum Gasteiger partial charge on any atom is 0.327 e. The second-order valence-corrected chi connectivity index (χ2v) is 10.2. The second-order valence-electron chi connectivity index (χ2n) is 6.20. The van der Waals surface area contributed by atoms with Crippen molar-refractivity contribution >= 4 is 32.5 Å². The van der Waals surface area contributed by atoms with Crippen molar-refractivity contribution in [1.29, 1.82) is 0 Å². The van der Waals surface area contributed by atoms with Gasteiger partial charge < -0.3 is 8.85 Å². The monoisotopic (exact) mass is 324 g/mol. The number of hydrogen-bond donors (Lipinski definition) is 0. The van der Waals surface area contributed by atoms with Crippen LogP contribution in [0.15, 0.2) is 0 Å². The molecular weight excluding hydrogens is 299 g/mol. The molecule has 2 saturated carbocycles. The van der Waals surface area contributed by atoms with Gasteiger partial charge in [0.05, 0.1) is 0 Å². The predicted molar refractivity (Wildman–Crippen MR) is 83.6 cm³/mol. The zero-order valence-corrected chi connectivity index (χ0v) is 14.7. The molecule has 0 radical (unpaired) electrons. The van der Waals surface area contributed by atoms with Crippen molar-refractivity contribution in [3.8, 4) is 0 Å². The molecule has 2 aliphatic rings. The molecule has 0 aromatic rings. The third kappa shape index (κ3) is 3.49. The largest absolute Gasteiger partial charge is 0.400 e. The van der Waals surface area contributed by atoms with Gasteiger partial charge in [0.2, 0.25) is 0 Å². The van der Waals surface area contributed by atoms with Crippen LogP contribution in [-0.2, 0) is 8.85 Å². The lowest BCUT2D eigenvalue weighted by molar-refractivity contribution is 0.143. The van der Waals surface area contributed by atoms with Gasteiger partial charge in [-0.1, -0.05) is 19.3 Å². The van der Waals surface area contributed by atoms with Crippen molar-refractivity contribution in [2.45, 2.75) is 67.2 Å². The zero-order valence-electron chi connectivity index (χ0n) is 12.0. The lowest BCUT2D eigenvalue weighted by Crippen LogP contribution is -2.46. The zero-order chi connectivity index (χ0) is 13.9. The van der Waals surface area contributed by atoms with Crippen molar-refractivity contribution in [2.75, 3.05) is 14.2 Å². The second kappa shape index (κ2) is 7.12. The van der Waals surface area contributed by atoms with Gasteiger partial charge in [-0.05, 0) is 38.0 Å². The summed E-state index contributed by atoms with van der Waals surface area (Å²) in [5, 5.41) is 0.703. The van der Waals surface area contributed by atoms with Crippen molar-refractivity contribution < 1.29 is 8.85 Å². The van der Waals surface area contributed by atoms with E-state index in [1.54, 1.807) is 0 Å². The van der Waals surface area contributed by atoms with Crippen LogP contribution in [0.1, 0.15) is 51.4 Å². The van der Waals surface area contributed by atoms with Crippen LogP contribution >= 0.6 is 23.2 Å². The molecule has 0 spiro atoms. The summed E-state index contributed by atoms with van der Waals surface area (Å²) in [5.74, 6) is 0.586. The van der Waals surface area contributed by atoms with Crippen LogP contribution in [0.4, 0.5) is 0 Å². The molecule has 0 bridgehead atoms. The van der Waals surface area contributed by atoms with Gasteiger partial charge in [-0.15, -0.1) is 23.2 Å². The van der Waals surface area contributed by atoms with Crippen molar-refractivity contribution in [3.63, 3.8) is 0 Å². The number of hydrogen-bond acceptors (Lipinski definition) is 2. The third-order valence-corrected chi connectivity index (χ3v) is 8.64. The van der Waals surface area contributed by atoms with Crippen LogP contribution in [0, 0.1) is 5.92 Å². The van der Waals surface area contributed by atoms with Crippen molar-refractivity contribution in [2.24, 2.45) is 5.92 Å². The van der Waals surface area contributed by atoms with Gasteiger partial charge in [-0.3, -0.25) is 0 Å². The minimum Gasteiger partial charge on any atom is -0.400 e. The van der Waals surface area contributed by atoms with Gasteiger partial charge in [0.15, 0.2) is 0 Å². The fourth-order valence-electron chi connectivity index (χ4n) is 4.27. The maximum absolute atomic E-state index is 6.43. The minimum atomic E-state index is -1.65. The summed E-state index contributed by atoms with van der Waals surface area (Å²) in [4.78, 5) is 0. The predicted octanol–water partition coefficient (Wildman–Crippen LogP) is 4.22. The fraction of sp³-hybridized carbons (Fsp3) is 1.00. The molecule has 2 atom stereocenters. The molecule has 0 saturated heterocycles.